The number of benzene rings is 1. The van der Waals surface area contributed by atoms with Crippen LogP contribution in [-0.2, 0) is 9.53 Å². The van der Waals surface area contributed by atoms with Gasteiger partial charge in [0.05, 0.1) is 30.0 Å². The fourth-order valence-electron chi connectivity index (χ4n) is 4.15. The molecule has 1 saturated heterocycles. The van der Waals surface area contributed by atoms with Crippen LogP contribution in [0.25, 0.3) is 0 Å². The molecule has 0 bridgehead atoms. The highest BCUT2D eigenvalue weighted by atomic mass is 32.2. The number of hydrogen-bond acceptors (Lipinski definition) is 5. The van der Waals surface area contributed by atoms with Crippen molar-refractivity contribution in [2.75, 3.05) is 39.1 Å². The average Bonchev–Trinajstić information content (AvgIpc) is 3.41. The molecule has 0 spiro atoms. The number of aromatic nitrogens is 2. The molecule has 2 aliphatic heterocycles. The summed E-state index contributed by atoms with van der Waals surface area (Å²) in [5.41, 5.74) is 2.52. The lowest BCUT2D eigenvalue weighted by Crippen LogP contribution is -2.42. The molecule has 2 aliphatic rings. The molecular formula is C21H26N4O3S. The highest BCUT2D eigenvalue weighted by Crippen LogP contribution is 2.41. The van der Waals surface area contributed by atoms with Crippen molar-refractivity contribution in [3.63, 3.8) is 0 Å². The molecule has 8 heteroatoms. The third-order valence-electron chi connectivity index (χ3n) is 5.64. The second-order valence-corrected chi connectivity index (χ2v) is 8.53. The molecule has 1 aromatic carbocycles. The number of piperidine rings is 1. The number of aromatic amines is 1. The summed E-state index contributed by atoms with van der Waals surface area (Å²) in [5, 5.41) is 9.96. The number of ether oxygens (including phenoxy) is 1. The number of H-pyrrole nitrogens is 1. The van der Waals surface area contributed by atoms with Crippen molar-refractivity contribution in [3.8, 4) is 0 Å². The summed E-state index contributed by atoms with van der Waals surface area (Å²) < 4.78 is 4.99. The number of fused-ring (bicyclic) bond motifs is 1. The molecule has 3 heterocycles. The van der Waals surface area contributed by atoms with E-state index in [0.717, 1.165) is 36.4 Å². The van der Waals surface area contributed by atoms with Crippen molar-refractivity contribution < 1.29 is 14.3 Å². The third-order valence-corrected chi connectivity index (χ3v) is 6.83. The first-order chi connectivity index (χ1) is 14.2. The topological polar surface area (TPSA) is 87.3 Å². The van der Waals surface area contributed by atoms with Gasteiger partial charge in [0, 0.05) is 43.3 Å². The van der Waals surface area contributed by atoms with Crippen molar-refractivity contribution in [2.45, 2.75) is 29.6 Å². The highest BCUT2D eigenvalue weighted by molar-refractivity contribution is 7.99. The minimum absolute atomic E-state index is 0.0754. The van der Waals surface area contributed by atoms with Crippen molar-refractivity contribution >= 4 is 23.6 Å². The lowest BCUT2D eigenvalue weighted by Gasteiger charge is -2.34. The van der Waals surface area contributed by atoms with Gasteiger partial charge < -0.3 is 15.0 Å². The van der Waals surface area contributed by atoms with E-state index in [4.69, 9.17) is 4.74 Å². The van der Waals surface area contributed by atoms with Crippen LogP contribution in [0.15, 0.2) is 35.4 Å². The fraction of sp³-hybridized carbons (Fsp3) is 0.476. The number of hydrogen-bond donors (Lipinski definition) is 2. The molecule has 7 nitrogen and oxygen atoms in total. The predicted octanol–water partition coefficient (Wildman–Crippen LogP) is 2.38. The lowest BCUT2D eigenvalue weighted by atomic mass is 9.90. The van der Waals surface area contributed by atoms with Gasteiger partial charge in [-0.05, 0) is 24.5 Å². The van der Waals surface area contributed by atoms with Crippen molar-refractivity contribution in [1.29, 1.82) is 0 Å². The first-order valence-electron chi connectivity index (χ1n) is 10.00. The van der Waals surface area contributed by atoms with Gasteiger partial charge in [0.25, 0.3) is 5.91 Å². The number of likely N-dealkylation sites (tertiary alicyclic amines) is 1. The Morgan fingerprint density at radius 1 is 1.38 bits per heavy atom. The molecule has 0 saturated carbocycles. The number of thioether (sulfide) groups is 1. The largest absolute Gasteiger partial charge is 0.383 e. The van der Waals surface area contributed by atoms with E-state index >= 15 is 0 Å². The number of carbonyl (C=O) groups is 2. The summed E-state index contributed by atoms with van der Waals surface area (Å²) in [7, 11) is 1.60. The monoisotopic (exact) mass is 414 g/mol. The van der Waals surface area contributed by atoms with Gasteiger partial charge in [-0.1, -0.05) is 18.2 Å². The Labute approximate surface area is 174 Å². The molecule has 1 aromatic heterocycles. The minimum atomic E-state index is -0.157. The summed E-state index contributed by atoms with van der Waals surface area (Å²) in [6.45, 7) is 2.30. The Kier molecular flexibility index (Phi) is 6.20. The molecule has 29 heavy (non-hydrogen) atoms. The SMILES string of the molecule is COCCNC(=O)c1cn[nH]c1[C@@H]1CCCN(C(=O)[C@H]2CSc3ccccc32)C1. The van der Waals surface area contributed by atoms with E-state index in [9.17, 15) is 9.59 Å². The Hall–Kier alpha value is -2.32. The quantitative estimate of drug-likeness (QED) is 0.709. The second-order valence-electron chi connectivity index (χ2n) is 7.47. The van der Waals surface area contributed by atoms with Crippen LogP contribution in [0.1, 0.15) is 46.3 Å². The maximum atomic E-state index is 13.3. The molecule has 0 radical (unpaired) electrons. The van der Waals surface area contributed by atoms with E-state index < -0.39 is 0 Å². The van der Waals surface area contributed by atoms with E-state index in [1.54, 1.807) is 25.1 Å². The van der Waals surface area contributed by atoms with Crippen molar-refractivity contribution in [1.82, 2.24) is 20.4 Å². The number of amides is 2. The molecule has 2 N–H and O–H groups in total. The molecule has 0 aliphatic carbocycles. The number of methoxy groups -OCH3 is 1. The Bertz CT molecular complexity index is 884. The van der Waals surface area contributed by atoms with Crippen LogP contribution in [-0.4, -0.2) is 66.0 Å². The highest BCUT2D eigenvalue weighted by Gasteiger charge is 2.35. The van der Waals surface area contributed by atoms with Crippen LogP contribution in [0, 0.1) is 0 Å². The van der Waals surface area contributed by atoms with Gasteiger partial charge in [0.15, 0.2) is 0 Å². The van der Waals surface area contributed by atoms with E-state index in [1.807, 2.05) is 17.0 Å². The van der Waals surface area contributed by atoms with Crippen LogP contribution in [0.5, 0.6) is 0 Å². The summed E-state index contributed by atoms with van der Waals surface area (Å²) in [6.07, 6.45) is 3.42. The zero-order chi connectivity index (χ0) is 20.2. The smallest absolute Gasteiger partial charge is 0.254 e. The van der Waals surface area contributed by atoms with Gasteiger partial charge in [-0.15, -0.1) is 11.8 Å². The third kappa shape index (κ3) is 4.18. The fourth-order valence-corrected chi connectivity index (χ4v) is 5.37. The zero-order valence-corrected chi connectivity index (χ0v) is 17.3. The summed E-state index contributed by atoms with van der Waals surface area (Å²) >= 11 is 1.76. The van der Waals surface area contributed by atoms with Gasteiger partial charge >= 0.3 is 0 Å². The normalized spacial score (nSPS) is 21.1. The van der Waals surface area contributed by atoms with E-state index in [2.05, 4.69) is 27.6 Å². The predicted molar refractivity (Wildman–Crippen MR) is 111 cm³/mol. The zero-order valence-electron chi connectivity index (χ0n) is 16.5. The standard InChI is InChI=1S/C21H26N4O3S/c1-28-10-8-22-20(26)16-11-23-24-19(16)14-5-4-9-25(12-14)21(27)17-13-29-18-7-3-2-6-15(17)18/h2-3,6-7,11,14,17H,4-5,8-10,12-13H2,1H3,(H,22,26)(H,23,24)/t14-,17+/m1/s1. The molecule has 2 amide bonds. The van der Waals surface area contributed by atoms with Crippen LogP contribution in [0.3, 0.4) is 0 Å². The van der Waals surface area contributed by atoms with Gasteiger partial charge in [-0.25, -0.2) is 0 Å². The number of carbonyl (C=O) groups excluding carboxylic acids is 2. The Morgan fingerprint density at radius 3 is 3.10 bits per heavy atom. The van der Waals surface area contributed by atoms with Gasteiger partial charge in [-0.3, -0.25) is 14.7 Å². The molecule has 4 rings (SSSR count). The molecule has 154 valence electrons. The summed E-state index contributed by atoms with van der Waals surface area (Å²) in [6, 6.07) is 8.18. The molecule has 0 unspecified atom stereocenters. The number of nitrogens with one attached hydrogen (secondary N) is 2. The van der Waals surface area contributed by atoms with Crippen molar-refractivity contribution in [3.05, 3.63) is 47.3 Å². The average molecular weight is 415 g/mol. The second kappa shape index (κ2) is 9.00. The van der Waals surface area contributed by atoms with Crippen LogP contribution < -0.4 is 5.32 Å². The number of rotatable bonds is 6. The summed E-state index contributed by atoms with van der Waals surface area (Å²) in [5.74, 6) is 0.848. The molecular weight excluding hydrogens is 388 g/mol. The maximum Gasteiger partial charge on any atom is 0.254 e. The van der Waals surface area contributed by atoms with Gasteiger partial charge in [0.2, 0.25) is 5.91 Å². The molecule has 1 fully saturated rings. The minimum Gasteiger partial charge on any atom is -0.383 e. The van der Waals surface area contributed by atoms with E-state index in [1.165, 1.54) is 4.90 Å². The van der Waals surface area contributed by atoms with Crippen LogP contribution in [0.4, 0.5) is 0 Å². The maximum absolute atomic E-state index is 13.3. The van der Waals surface area contributed by atoms with Crippen LogP contribution in [0.2, 0.25) is 0 Å². The van der Waals surface area contributed by atoms with E-state index in [-0.39, 0.29) is 23.7 Å². The first-order valence-corrected chi connectivity index (χ1v) is 11.0. The van der Waals surface area contributed by atoms with Crippen LogP contribution >= 0.6 is 11.8 Å². The number of nitrogens with zero attached hydrogens (tertiary/aromatic N) is 2. The Morgan fingerprint density at radius 2 is 2.24 bits per heavy atom. The lowest BCUT2D eigenvalue weighted by molar-refractivity contribution is -0.133. The summed E-state index contributed by atoms with van der Waals surface area (Å²) in [4.78, 5) is 28.9. The Balaban J connectivity index is 1.45. The van der Waals surface area contributed by atoms with E-state index in [0.29, 0.717) is 25.3 Å². The first kappa shape index (κ1) is 20.0. The van der Waals surface area contributed by atoms with Crippen molar-refractivity contribution in [2.24, 2.45) is 0 Å². The van der Waals surface area contributed by atoms with Gasteiger partial charge in [-0.2, -0.15) is 5.10 Å². The van der Waals surface area contributed by atoms with Gasteiger partial charge in [0.1, 0.15) is 0 Å². The molecule has 2 atom stereocenters. The molecule has 2 aromatic rings.